The van der Waals surface area contributed by atoms with Crippen LogP contribution in [0.25, 0.3) is 0 Å². The molecule has 4 atom stereocenters. The number of nitrogens with one attached hydrogen (secondary N) is 1. The number of rotatable bonds is 1. The molecule has 2 heteroatoms. The molecule has 0 aliphatic heterocycles. The SMILES string of the molecule is CNC12CC3CC(C1)C(N)(C3)C2. The lowest BCUT2D eigenvalue weighted by atomic mass is 9.75. The molecule has 0 heterocycles. The maximum Gasteiger partial charge on any atom is 0.0203 e. The maximum absolute atomic E-state index is 6.41. The van der Waals surface area contributed by atoms with Crippen molar-refractivity contribution in [1.29, 1.82) is 0 Å². The van der Waals surface area contributed by atoms with Gasteiger partial charge in [0.25, 0.3) is 0 Å². The van der Waals surface area contributed by atoms with Crippen LogP contribution in [0.3, 0.4) is 0 Å². The van der Waals surface area contributed by atoms with Crippen LogP contribution < -0.4 is 11.1 Å². The van der Waals surface area contributed by atoms with E-state index in [4.69, 9.17) is 5.73 Å². The predicted molar refractivity (Wildman–Crippen MR) is 48.8 cm³/mol. The summed E-state index contributed by atoms with van der Waals surface area (Å²) in [6.07, 6.45) is 6.69. The molecule has 4 unspecified atom stereocenters. The molecule has 0 radical (unpaired) electrons. The average molecular weight is 166 g/mol. The second-order valence-electron chi connectivity index (χ2n) is 5.35. The van der Waals surface area contributed by atoms with Gasteiger partial charge < -0.3 is 11.1 Å². The Morgan fingerprint density at radius 3 is 2.75 bits per heavy atom. The minimum atomic E-state index is 0.228. The number of nitrogens with two attached hydrogens (primary N) is 1. The minimum absolute atomic E-state index is 0.228. The number of hydrogen-bond acceptors (Lipinski definition) is 2. The van der Waals surface area contributed by atoms with Crippen LogP contribution in [0.4, 0.5) is 0 Å². The lowest BCUT2D eigenvalue weighted by molar-refractivity contribution is 0.190. The van der Waals surface area contributed by atoms with Crippen LogP contribution in [0, 0.1) is 11.8 Å². The highest BCUT2D eigenvalue weighted by molar-refractivity contribution is 5.19. The van der Waals surface area contributed by atoms with Gasteiger partial charge >= 0.3 is 0 Å². The first-order valence-corrected chi connectivity index (χ1v) is 5.14. The molecule has 3 N–H and O–H groups in total. The van der Waals surface area contributed by atoms with Crippen molar-refractivity contribution in [1.82, 2.24) is 5.32 Å². The molecule has 4 saturated carbocycles. The first kappa shape index (κ1) is 7.34. The van der Waals surface area contributed by atoms with Gasteiger partial charge in [0, 0.05) is 11.1 Å². The molecule has 0 aromatic heterocycles. The fraction of sp³-hybridized carbons (Fsp3) is 1.00. The molecule has 0 spiro atoms. The summed E-state index contributed by atoms with van der Waals surface area (Å²) in [4.78, 5) is 0. The van der Waals surface area contributed by atoms with Gasteiger partial charge in [-0.25, -0.2) is 0 Å². The van der Waals surface area contributed by atoms with Gasteiger partial charge in [-0.05, 0) is 51.0 Å². The molecular weight excluding hydrogens is 148 g/mol. The average Bonchev–Trinajstić information content (AvgIpc) is 2.33. The third-order valence-corrected chi connectivity index (χ3v) is 4.61. The summed E-state index contributed by atoms with van der Waals surface area (Å²) in [5, 5.41) is 3.51. The van der Waals surface area contributed by atoms with Crippen molar-refractivity contribution < 1.29 is 0 Å². The van der Waals surface area contributed by atoms with Gasteiger partial charge in [0.15, 0.2) is 0 Å². The largest absolute Gasteiger partial charge is 0.325 e. The van der Waals surface area contributed by atoms with Gasteiger partial charge in [-0.1, -0.05) is 0 Å². The van der Waals surface area contributed by atoms with Crippen molar-refractivity contribution in [2.75, 3.05) is 7.05 Å². The van der Waals surface area contributed by atoms with Gasteiger partial charge in [0.2, 0.25) is 0 Å². The van der Waals surface area contributed by atoms with E-state index >= 15 is 0 Å². The second kappa shape index (κ2) is 1.88. The molecule has 68 valence electrons. The van der Waals surface area contributed by atoms with E-state index < -0.39 is 0 Å². The number of hydrogen-bond donors (Lipinski definition) is 2. The molecular formula is C10H18N2. The summed E-state index contributed by atoms with van der Waals surface area (Å²) in [5.74, 6) is 1.78. The standard InChI is InChI=1S/C10H18N2/c1-12-9-3-7-2-8(5-9)10(11,4-7)6-9/h7-8,12H,2-6,11H2,1H3. The van der Waals surface area contributed by atoms with E-state index in [9.17, 15) is 0 Å². The fourth-order valence-corrected chi connectivity index (χ4v) is 4.26. The van der Waals surface area contributed by atoms with Crippen LogP contribution in [-0.4, -0.2) is 18.1 Å². The van der Waals surface area contributed by atoms with Crippen LogP contribution in [0.1, 0.15) is 32.1 Å². The Kier molecular flexibility index (Phi) is 1.15. The van der Waals surface area contributed by atoms with E-state index in [1.54, 1.807) is 0 Å². The van der Waals surface area contributed by atoms with Gasteiger partial charge in [0.05, 0.1) is 0 Å². The Hall–Kier alpha value is -0.0800. The maximum atomic E-state index is 6.41. The Labute approximate surface area is 73.9 Å². The monoisotopic (exact) mass is 166 g/mol. The molecule has 4 aliphatic carbocycles. The van der Waals surface area contributed by atoms with Crippen LogP contribution in [0.15, 0.2) is 0 Å². The van der Waals surface area contributed by atoms with Gasteiger partial charge in [-0.15, -0.1) is 0 Å². The summed E-state index contributed by atoms with van der Waals surface area (Å²) in [5.41, 5.74) is 7.08. The highest BCUT2D eigenvalue weighted by atomic mass is 15.0. The van der Waals surface area contributed by atoms with E-state index in [-0.39, 0.29) is 5.54 Å². The van der Waals surface area contributed by atoms with Crippen molar-refractivity contribution in [2.45, 2.75) is 43.2 Å². The smallest absolute Gasteiger partial charge is 0.0203 e. The summed E-state index contributed by atoms with van der Waals surface area (Å²) >= 11 is 0. The molecule has 0 aromatic rings. The molecule has 0 saturated heterocycles. The minimum Gasteiger partial charge on any atom is -0.325 e. The summed E-state index contributed by atoms with van der Waals surface area (Å²) in [6, 6.07) is 0. The highest BCUT2D eigenvalue weighted by Gasteiger charge is 2.61. The van der Waals surface area contributed by atoms with E-state index in [0.29, 0.717) is 5.54 Å². The Morgan fingerprint density at radius 1 is 1.33 bits per heavy atom. The first-order valence-electron chi connectivity index (χ1n) is 5.14. The van der Waals surface area contributed by atoms with Crippen molar-refractivity contribution >= 4 is 0 Å². The Balaban J connectivity index is 1.99. The zero-order valence-corrected chi connectivity index (χ0v) is 7.77. The van der Waals surface area contributed by atoms with Crippen molar-refractivity contribution in [3.8, 4) is 0 Å². The molecule has 4 fully saturated rings. The summed E-state index contributed by atoms with van der Waals surface area (Å²) < 4.78 is 0. The quantitative estimate of drug-likeness (QED) is 0.606. The molecule has 2 nitrogen and oxygen atoms in total. The van der Waals surface area contributed by atoms with Crippen LogP contribution in [0.5, 0.6) is 0 Å². The topological polar surface area (TPSA) is 38.0 Å². The zero-order chi connectivity index (χ0) is 8.40. The molecule has 4 aliphatic rings. The van der Waals surface area contributed by atoms with E-state index in [2.05, 4.69) is 12.4 Å². The zero-order valence-electron chi connectivity index (χ0n) is 7.77. The molecule has 0 aromatic carbocycles. The molecule has 4 rings (SSSR count). The van der Waals surface area contributed by atoms with Gasteiger partial charge in [-0.3, -0.25) is 0 Å². The Bertz CT molecular complexity index is 228. The Morgan fingerprint density at radius 2 is 2.17 bits per heavy atom. The van der Waals surface area contributed by atoms with Crippen LogP contribution in [0.2, 0.25) is 0 Å². The van der Waals surface area contributed by atoms with Crippen molar-refractivity contribution in [3.63, 3.8) is 0 Å². The third kappa shape index (κ3) is 0.686. The molecule has 4 bridgehead atoms. The molecule has 12 heavy (non-hydrogen) atoms. The first-order chi connectivity index (χ1) is 5.66. The predicted octanol–water partition coefficient (Wildman–Crippen LogP) is 0.866. The normalized spacial score (nSPS) is 61.5. The second-order valence-corrected chi connectivity index (χ2v) is 5.35. The van der Waals surface area contributed by atoms with Gasteiger partial charge in [0.1, 0.15) is 0 Å². The third-order valence-electron chi connectivity index (χ3n) is 4.61. The lowest BCUT2D eigenvalue weighted by Gasteiger charge is -2.39. The van der Waals surface area contributed by atoms with Crippen molar-refractivity contribution in [2.24, 2.45) is 17.6 Å². The van der Waals surface area contributed by atoms with E-state index in [0.717, 1.165) is 11.8 Å². The molecule has 0 amide bonds. The van der Waals surface area contributed by atoms with E-state index in [1.807, 2.05) is 0 Å². The van der Waals surface area contributed by atoms with Crippen molar-refractivity contribution in [3.05, 3.63) is 0 Å². The highest BCUT2D eigenvalue weighted by Crippen LogP contribution is 2.60. The van der Waals surface area contributed by atoms with Crippen LogP contribution in [-0.2, 0) is 0 Å². The van der Waals surface area contributed by atoms with Crippen LogP contribution >= 0.6 is 0 Å². The lowest BCUT2D eigenvalue weighted by Crippen LogP contribution is -2.50. The fourth-order valence-electron chi connectivity index (χ4n) is 4.26. The van der Waals surface area contributed by atoms with E-state index in [1.165, 1.54) is 32.1 Å². The summed E-state index contributed by atoms with van der Waals surface area (Å²) in [6.45, 7) is 0. The summed E-state index contributed by atoms with van der Waals surface area (Å²) in [7, 11) is 2.11. The van der Waals surface area contributed by atoms with Gasteiger partial charge in [-0.2, -0.15) is 0 Å².